The molecule has 0 aromatic heterocycles. The van der Waals surface area contributed by atoms with Crippen molar-refractivity contribution in [1.29, 1.82) is 0 Å². The summed E-state index contributed by atoms with van der Waals surface area (Å²) in [7, 11) is 0. The Hall–Kier alpha value is -2.24. The van der Waals surface area contributed by atoms with Crippen molar-refractivity contribution in [3.63, 3.8) is 0 Å². The van der Waals surface area contributed by atoms with Gasteiger partial charge in [-0.1, -0.05) is 42.5 Å². The van der Waals surface area contributed by atoms with Gasteiger partial charge in [-0.2, -0.15) is 0 Å². The first-order valence-electron chi connectivity index (χ1n) is 8.30. The third-order valence-electron chi connectivity index (χ3n) is 5.06. The van der Waals surface area contributed by atoms with Gasteiger partial charge in [-0.05, 0) is 30.5 Å². The van der Waals surface area contributed by atoms with E-state index >= 15 is 0 Å². The van der Waals surface area contributed by atoms with Crippen LogP contribution in [0, 0.1) is 23.0 Å². The average molecular weight is 325 g/mol. The molecule has 2 aromatic rings. The van der Waals surface area contributed by atoms with E-state index in [0.717, 1.165) is 30.8 Å². The molecule has 1 aliphatic rings. The number of hydrogen-bond donors (Lipinski definition) is 1. The van der Waals surface area contributed by atoms with Gasteiger partial charge >= 0.3 is 0 Å². The Morgan fingerprint density at radius 1 is 1.17 bits per heavy atom. The number of rotatable bonds is 5. The second kappa shape index (κ2) is 7.11. The summed E-state index contributed by atoms with van der Waals surface area (Å²) in [6, 6.07) is 15.8. The summed E-state index contributed by atoms with van der Waals surface area (Å²) in [6.45, 7) is 5.09. The van der Waals surface area contributed by atoms with Crippen molar-refractivity contribution in [3.8, 4) is 0 Å². The first-order valence-corrected chi connectivity index (χ1v) is 8.30. The van der Waals surface area contributed by atoms with Crippen LogP contribution in [0.1, 0.15) is 22.6 Å². The van der Waals surface area contributed by atoms with Crippen LogP contribution in [-0.4, -0.2) is 29.5 Å². The number of nitrogens with two attached hydrogens (primary N) is 1. The van der Waals surface area contributed by atoms with E-state index in [9.17, 15) is 10.1 Å². The second-order valence-electron chi connectivity index (χ2n) is 6.53. The molecule has 5 nitrogen and oxygen atoms in total. The summed E-state index contributed by atoms with van der Waals surface area (Å²) in [5, 5.41) is 11.1. The molecule has 0 saturated carbocycles. The minimum Gasteiger partial charge on any atom is -0.330 e. The number of nitro benzene ring substituents is 1. The number of hydrogen-bond acceptors (Lipinski definition) is 4. The molecule has 1 saturated heterocycles. The number of nitrogens with zero attached hydrogens (tertiary/aromatic N) is 2. The van der Waals surface area contributed by atoms with E-state index in [1.54, 1.807) is 12.1 Å². The Morgan fingerprint density at radius 3 is 2.58 bits per heavy atom. The zero-order valence-electron chi connectivity index (χ0n) is 13.9. The predicted octanol–water partition coefficient (Wildman–Crippen LogP) is 3.08. The Balaban J connectivity index is 1.78. The second-order valence-corrected chi connectivity index (χ2v) is 6.53. The van der Waals surface area contributed by atoms with Gasteiger partial charge in [0.25, 0.3) is 5.69 Å². The molecule has 1 fully saturated rings. The summed E-state index contributed by atoms with van der Waals surface area (Å²) >= 11 is 0. The maximum absolute atomic E-state index is 11.1. The van der Waals surface area contributed by atoms with Crippen molar-refractivity contribution in [3.05, 3.63) is 75.3 Å². The highest BCUT2D eigenvalue weighted by Gasteiger charge is 2.33. The van der Waals surface area contributed by atoms with Crippen molar-refractivity contribution in [1.82, 2.24) is 4.90 Å². The highest BCUT2D eigenvalue weighted by Crippen LogP contribution is 2.33. The molecule has 0 unspecified atom stereocenters. The molecular weight excluding hydrogens is 302 g/mol. The van der Waals surface area contributed by atoms with Crippen molar-refractivity contribution in [2.75, 3.05) is 19.6 Å². The van der Waals surface area contributed by atoms with Crippen LogP contribution in [0.3, 0.4) is 0 Å². The van der Waals surface area contributed by atoms with Gasteiger partial charge in [-0.15, -0.1) is 0 Å². The van der Waals surface area contributed by atoms with Gasteiger partial charge in [0.15, 0.2) is 0 Å². The van der Waals surface area contributed by atoms with Gasteiger partial charge < -0.3 is 5.73 Å². The van der Waals surface area contributed by atoms with E-state index in [2.05, 4.69) is 29.2 Å². The highest BCUT2D eigenvalue weighted by molar-refractivity contribution is 5.44. The molecule has 3 rings (SSSR count). The minimum atomic E-state index is -0.307. The Morgan fingerprint density at radius 2 is 1.92 bits per heavy atom. The fourth-order valence-corrected chi connectivity index (χ4v) is 3.69. The topological polar surface area (TPSA) is 72.4 Å². The maximum atomic E-state index is 11.1. The fourth-order valence-electron chi connectivity index (χ4n) is 3.69. The van der Waals surface area contributed by atoms with Crippen molar-refractivity contribution >= 4 is 5.69 Å². The first kappa shape index (κ1) is 16.6. The lowest BCUT2D eigenvalue weighted by Gasteiger charge is -2.17. The molecule has 1 aliphatic heterocycles. The largest absolute Gasteiger partial charge is 0.330 e. The molecule has 1 heterocycles. The maximum Gasteiger partial charge on any atom is 0.272 e. The molecule has 24 heavy (non-hydrogen) atoms. The van der Waals surface area contributed by atoms with Gasteiger partial charge in [-0.3, -0.25) is 15.0 Å². The van der Waals surface area contributed by atoms with Crippen LogP contribution in [-0.2, 0) is 6.54 Å². The Kier molecular flexibility index (Phi) is 4.92. The zero-order valence-corrected chi connectivity index (χ0v) is 13.9. The molecule has 5 heteroatoms. The smallest absolute Gasteiger partial charge is 0.272 e. The zero-order chi connectivity index (χ0) is 17.1. The normalized spacial score (nSPS) is 21.1. The van der Waals surface area contributed by atoms with E-state index < -0.39 is 0 Å². The van der Waals surface area contributed by atoms with Crippen molar-refractivity contribution in [2.45, 2.75) is 19.4 Å². The summed E-state index contributed by atoms with van der Waals surface area (Å²) in [6.07, 6.45) is 0. The van der Waals surface area contributed by atoms with Crippen molar-refractivity contribution in [2.24, 2.45) is 11.7 Å². The predicted molar refractivity (Wildman–Crippen MR) is 94.8 cm³/mol. The Labute approximate surface area is 142 Å². The molecular formula is C19H23N3O2. The third kappa shape index (κ3) is 3.32. The van der Waals surface area contributed by atoms with Gasteiger partial charge in [0.2, 0.25) is 0 Å². The van der Waals surface area contributed by atoms with E-state index in [1.807, 2.05) is 19.1 Å². The van der Waals surface area contributed by atoms with Gasteiger partial charge in [0.1, 0.15) is 0 Å². The molecule has 2 aromatic carbocycles. The first-order chi connectivity index (χ1) is 11.6. The molecule has 0 bridgehead atoms. The van der Waals surface area contributed by atoms with E-state index in [-0.39, 0.29) is 10.6 Å². The molecule has 2 atom stereocenters. The SMILES string of the molecule is Cc1c(CN2C[C@@H](CN)[C@H](c3ccccc3)C2)cccc1[N+](=O)[O-]. The number of benzene rings is 2. The van der Waals surface area contributed by atoms with Crippen LogP contribution in [0.2, 0.25) is 0 Å². The monoisotopic (exact) mass is 325 g/mol. The summed E-state index contributed by atoms with van der Waals surface area (Å²) < 4.78 is 0. The van der Waals surface area contributed by atoms with E-state index in [1.165, 1.54) is 5.56 Å². The summed E-state index contributed by atoms with van der Waals surface area (Å²) in [5.74, 6) is 0.849. The average Bonchev–Trinajstić information content (AvgIpc) is 3.00. The van der Waals surface area contributed by atoms with E-state index in [0.29, 0.717) is 18.4 Å². The van der Waals surface area contributed by atoms with Gasteiger partial charge in [0, 0.05) is 37.2 Å². The molecule has 0 amide bonds. The van der Waals surface area contributed by atoms with Crippen LogP contribution >= 0.6 is 0 Å². The van der Waals surface area contributed by atoms with Crippen LogP contribution in [0.5, 0.6) is 0 Å². The standard InChI is InChI=1S/C19H23N3O2/c1-14-16(8-5-9-19(14)22(23)24)11-21-12-17(10-20)18(13-21)15-6-3-2-4-7-15/h2-9,17-18H,10-13,20H2,1H3/t17-,18+/m1/s1. The van der Waals surface area contributed by atoms with Gasteiger partial charge in [0.05, 0.1) is 4.92 Å². The van der Waals surface area contributed by atoms with Gasteiger partial charge in [-0.25, -0.2) is 0 Å². The molecule has 0 aliphatic carbocycles. The number of likely N-dealkylation sites (tertiary alicyclic amines) is 1. The third-order valence-corrected chi connectivity index (χ3v) is 5.06. The minimum absolute atomic E-state index is 0.196. The lowest BCUT2D eigenvalue weighted by atomic mass is 9.89. The molecule has 0 radical (unpaired) electrons. The molecule has 0 spiro atoms. The Bertz CT molecular complexity index is 718. The highest BCUT2D eigenvalue weighted by atomic mass is 16.6. The summed E-state index contributed by atoms with van der Waals surface area (Å²) in [4.78, 5) is 13.2. The fraction of sp³-hybridized carbons (Fsp3) is 0.368. The lowest BCUT2D eigenvalue weighted by Crippen LogP contribution is -2.23. The summed E-state index contributed by atoms with van der Waals surface area (Å²) in [5.41, 5.74) is 9.30. The van der Waals surface area contributed by atoms with E-state index in [4.69, 9.17) is 5.73 Å². The van der Waals surface area contributed by atoms with Crippen molar-refractivity contribution < 1.29 is 4.92 Å². The molecule has 2 N–H and O–H groups in total. The quantitative estimate of drug-likeness (QED) is 0.677. The van der Waals surface area contributed by atoms with Crippen LogP contribution in [0.4, 0.5) is 5.69 Å². The molecule has 126 valence electrons. The van der Waals surface area contributed by atoms with Crippen LogP contribution in [0.15, 0.2) is 48.5 Å². The van der Waals surface area contributed by atoms with Crippen LogP contribution in [0.25, 0.3) is 0 Å². The lowest BCUT2D eigenvalue weighted by molar-refractivity contribution is -0.385. The van der Waals surface area contributed by atoms with Crippen LogP contribution < -0.4 is 5.73 Å². The number of nitro groups is 1.